The zero-order valence-electron chi connectivity index (χ0n) is 15.7. The molecule has 1 aromatic carbocycles. The minimum Gasteiger partial charge on any atom is -0.483 e. The van der Waals surface area contributed by atoms with Crippen molar-refractivity contribution in [1.82, 2.24) is 5.32 Å². The maximum atomic E-state index is 12.0. The fraction of sp³-hybridized carbons (Fsp3) is 0.650. The SMILES string of the molecule is CCCC[C@H](CC)CNC(=O)COc1ccc(C(C)(C)C)cc1Br. The van der Waals surface area contributed by atoms with Crippen molar-refractivity contribution in [3.05, 3.63) is 28.2 Å². The molecule has 1 rings (SSSR count). The summed E-state index contributed by atoms with van der Waals surface area (Å²) in [5.41, 5.74) is 1.32. The topological polar surface area (TPSA) is 38.3 Å². The Morgan fingerprint density at radius 3 is 2.54 bits per heavy atom. The molecule has 24 heavy (non-hydrogen) atoms. The molecule has 0 bridgehead atoms. The molecule has 0 unspecified atom stereocenters. The molecule has 1 N–H and O–H groups in total. The van der Waals surface area contributed by atoms with Crippen LogP contribution in [0.15, 0.2) is 22.7 Å². The Kier molecular flexibility index (Phi) is 8.82. The van der Waals surface area contributed by atoms with Gasteiger partial charge in [0.15, 0.2) is 6.61 Å². The number of hydrogen-bond acceptors (Lipinski definition) is 2. The van der Waals surface area contributed by atoms with Gasteiger partial charge in [-0.25, -0.2) is 0 Å². The molecule has 0 saturated carbocycles. The molecule has 0 radical (unpaired) electrons. The van der Waals surface area contributed by atoms with Gasteiger partial charge in [0.2, 0.25) is 0 Å². The summed E-state index contributed by atoms with van der Waals surface area (Å²) in [6, 6.07) is 6.04. The van der Waals surface area contributed by atoms with Gasteiger partial charge in [0, 0.05) is 6.54 Å². The minimum atomic E-state index is -0.0586. The Labute approximate surface area is 155 Å². The number of rotatable bonds is 9. The zero-order valence-corrected chi connectivity index (χ0v) is 17.3. The molecule has 4 heteroatoms. The van der Waals surface area contributed by atoms with Gasteiger partial charge in [-0.15, -0.1) is 0 Å². The van der Waals surface area contributed by atoms with E-state index in [0.717, 1.165) is 17.4 Å². The monoisotopic (exact) mass is 397 g/mol. The standard InChI is InChI=1S/C20H32BrNO2/c1-6-8-9-15(7-2)13-22-19(23)14-24-18-11-10-16(12-17(18)21)20(3,4)5/h10-12,15H,6-9,13-14H2,1-5H3,(H,22,23)/t15-/m0/s1. The van der Waals surface area contributed by atoms with Crippen LogP contribution in [0.4, 0.5) is 0 Å². The van der Waals surface area contributed by atoms with E-state index in [-0.39, 0.29) is 17.9 Å². The van der Waals surface area contributed by atoms with E-state index in [9.17, 15) is 4.79 Å². The number of carbonyl (C=O) groups excluding carboxylic acids is 1. The quantitative estimate of drug-likeness (QED) is 0.600. The summed E-state index contributed by atoms with van der Waals surface area (Å²) < 4.78 is 6.54. The van der Waals surface area contributed by atoms with E-state index >= 15 is 0 Å². The number of ether oxygens (including phenoxy) is 1. The van der Waals surface area contributed by atoms with Gasteiger partial charge in [-0.05, 0) is 51.4 Å². The van der Waals surface area contributed by atoms with Gasteiger partial charge < -0.3 is 10.1 Å². The highest BCUT2D eigenvalue weighted by molar-refractivity contribution is 9.10. The molecule has 0 aliphatic rings. The third-order valence-corrected chi connectivity index (χ3v) is 4.91. The summed E-state index contributed by atoms with van der Waals surface area (Å²) in [5.74, 6) is 1.21. The van der Waals surface area contributed by atoms with Crippen LogP contribution in [0.2, 0.25) is 0 Å². The number of unbranched alkanes of at least 4 members (excludes halogenated alkanes) is 1. The summed E-state index contributed by atoms with van der Waals surface area (Å²) in [4.78, 5) is 12.0. The summed E-state index contributed by atoms with van der Waals surface area (Å²) in [7, 11) is 0. The van der Waals surface area contributed by atoms with Crippen LogP contribution in [-0.2, 0) is 10.2 Å². The first-order chi connectivity index (χ1) is 11.3. The van der Waals surface area contributed by atoms with Crippen molar-refractivity contribution in [3.63, 3.8) is 0 Å². The van der Waals surface area contributed by atoms with Crippen molar-refractivity contribution in [2.45, 2.75) is 65.7 Å². The summed E-state index contributed by atoms with van der Waals surface area (Å²) in [6.07, 6.45) is 4.69. The highest BCUT2D eigenvalue weighted by Crippen LogP contribution is 2.31. The van der Waals surface area contributed by atoms with E-state index in [1.165, 1.54) is 24.8 Å². The number of amides is 1. The van der Waals surface area contributed by atoms with Crippen molar-refractivity contribution >= 4 is 21.8 Å². The maximum Gasteiger partial charge on any atom is 0.257 e. The predicted octanol–water partition coefficient (Wildman–Crippen LogP) is 5.46. The van der Waals surface area contributed by atoms with E-state index in [1.54, 1.807) is 0 Å². The summed E-state index contributed by atoms with van der Waals surface area (Å²) >= 11 is 3.53. The van der Waals surface area contributed by atoms with Crippen LogP contribution >= 0.6 is 15.9 Å². The highest BCUT2D eigenvalue weighted by atomic mass is 79.9. The first-order valence-corrected chi connectivity index (χ1v) is 9.76. The van der Waals surface area contributed by atoms with E-state index in [2.05, 4.69) is 68.0 Å². The lowest BCUT2D eigenvalue weighted by Gasteiger charge is -2.20. The highest BCUT2D eigenvalue weighted by Gasteiger charge is 2.16. The van der Waals surface area contributed by atoms with Gasteiger partial charge in [0.05, 0.1) is 4.47 Å². The number of hydrogen-bond donors (Lipinski definition) is 1. The Balaban J connectivity index is 2.47. The van der Waals surface area contributed by atoms with Gasteiger partial charge in [0.25, 0.3) is 5.91 Å². The van der Waals surface area contributed by atoms with Gasteiger partial charge >= 0.3 is 0 Å². The molecule has 136 valence electrons. The lowest BCUT2D eigenvalue weighted by molar-refractivity contribution is -0.123. The third-order valence-electron chi connectivity index (χ3n) is 4.29. The van der Waals surface area contributed by atoms with Crippen LogP contribution < -0.4 is 10.1 Å². The molecule has 0 aliphatic carbocycles. The molecular weight excluding hydrogens is 366 g/mol. The smallest absolute Gasteiger partial charge is 0.257 e. The average molecular weight is 398 g/mol. The summed E-state index contributed by atoms with van der Waals surface area (Å²) in [6.45, 7) is 11.7. The normalized spacial score (nSPS) is 12.8. The number of halogens is 1. The second-order valence-corrected chi connectivity index (χ2v) is 8.26. The Hall–Kier alpha value is -1.03. The Morgan fingerprint density at radius 1 is 1.29 bits per heavy atom. The number of carbonyl (C=O) groups is 1. The second-order valence-electron chi connectivity index (χ2n) is 7.40. The summed E-state index contributed by atoms with van der Waals surface area (Å²) in [5, 5.41) is 2.99. The van der Waals surface area contributed by atoms with Crippen LogP contribution in [0.5, 0.6) is 5.75 Å². The lowest BCUT2D eigenvalue weighted by atomic mass is 9.87. The van der Waals surface area contributed by atoms with E-state index in [0.29, 0.717) is 11.7 Å². The van der Waals surface area contributed by atoms with Gasteiger partial charge in [-0.2, -0.15) is 0 Å². The fourth-order valence-electron chi connectivity index (χ4n) is 2.48. The van der Waals surface area contributed by atoms with E-state index in [4.69, 9.17) is 4.74 Å². The number of nitrogens with one attached hydrogen (secondary N) is 1. The van der Waals surface area contributed by atoms with Gasteiger partial charge in [0.1, 0.15) is 5.75 Å². The largest absolute Gasteiger partial charge is 0.483 e. The molecule has 0 aliphatic heterocycles. The molecule has 0 saturated heterocycles. The zero-order chi connectivity index (χ0) is 18.2. The fourth-order valence-corrected chi connectivity index (χ4v) is 2.97. The van der Waals surface area contributed by atoms with Crippen LogP contribution in [-0.4, -0.2) is 19.1 Å². The first kappa shape index (κ1) is 21.0. The second kappa shape index (κ2) is 10.1. The van der Waals surface area contributed by atoms with Gasteiger partial charge in [-0.1, -0.05) is 59.9 Å². The molecule has 0 fully saturated rings. The van der Waals surface area contributed by atoms with Gasteiger partial charge in [-0.3, -0.25) is 4.79 Å². The molecule has 0 heterocycles. The molecule has 1 amide bonds. The van der Waals surface area contributed by atoms with Crippen molar-refractivity contribution in [3.8, 4) is 5.75 Å². The van der Waals surface area contributed by atoms with Crippen molar-refractivity contribution in [1.29, 1.82) is 0 Å². The maximum absolute atomic E-state index is 12.0. The molecule has 0 spiro atoms. The Morgan fingerprint density at radius 2 is 2.00 bits per heavy atom. The van der Waals surface area contributed by atoms with Crippen LogP contribution in [0, 0.1) is 5.92 Å². The molecular formula is C20H32BrNO2. The van der Waals surface area contributed by atoms with Crippen molar-refractivity contribution < 1.29 is 9.53 Å². The molecule has 0 aromatic heterocycles. The molecule has 1 aromatic rings. The minimum absolute atomic E-state index is 0.0533. The Bertz CT molecular complexity index is 523. The van der Waals surface area contributed by atoms with Crippen molar-refractivity contribution in [2.24, 2.45) is 5.92 Å². The number of benzene rings is 1. The van der Waals surface area contributed by atoms with E-state index < -0.39 is 0 Å². The van der Waals surface area contributed by atoms with Crippen LogP contribution in [0.1, 0.15) is 65.9 Å². The van der Waals surface area contributed by atoms with Crippen LogP contribution in [0.25, 0.3) is 0 Å². The molecule has 1 atom stereocenters. The molecule has 3 nitrogen and oxygen atoms in total. The van der Waals surface area contributed by atoms with Crippen molar-refractivity contribution in [2.75, 3.05) is 13.2 Å². The average Bonchev–Trinajstić information content (AvgIpc) is 2.53. The lowest BCUT2D eigenvalue weighted by Crippen LogP contribution is -2.33. The van der Waals surface area contributed by atoms with E-state index in [1.807, 2.05) is 6.07 Å². The predicted molar refractivity (Wildman–Crippen MR) is 105 cm³/mol. The third kappa shape index (κ3) is 7.25. The first-order valence-electron chi connectivity index (χ1n) is 8.97. The van der Waals surface area contributed by atoms with Crippen LogP contribution in [0.3, 0.4) is 0 Å².